The molecule has 0 fully saturated rings. The lowest BCUT2D eigenvalue weighted by Gasteiger charge is -2.20. The quantitative estimate of drug-likeness (QED) is 0.361. The van der Waals surface area contributed by atoms with Crippen LogP contribution in [0.15, 0.2) is 56.5 Å². The molecule has 8 nitrogen and oxygen atoms in total. The summed E-state index contributed by atoms with van der Waals surface area (Å²) < 4.78 is 17.8. The van der Waals surface area contributed by atoms with Crippen molar-refractivity contribution < 1.29 is 19.0 Å². The number of rotatable bonds is 8. The average molecular weight is 543 g/mol. The second kappa shape index (κ2) is 10.4. The zero-order valence-corrected chi connectivity index (χ0v) is 21.3. The minimum atomic E-state index is -0.472. The van der Waals surface area contributed by atoms with Crippen LogP contribution in [-0.4, -0.2) is 47.3 Å². The average Bonchev–Trinajstić information content (AvgIpc) is 3.24. The van der Waals surface area contributed by atoms with Crippen LogP contribution >= 0.6 is 27.7 Å². The number of amides is 1. The number of aryl methyl sites for hydroxylation is 1. The molecule has 0 saturated carbocycles. The van der Waals surface area contributed by atoms with E-state index < -0.39 is 5.91 Å². The number of methoxy groups -OCH3 is 1. The highest BCUT2D eigenvalue weighted by Crippen LogP contribution is 2.38. The zero-order chi connectivity index (χ0) is 24.2. The molecule has 4 rings (SSSR count). The number of aliphatic imine (C=N–C) groups is 1. The van der Waals surface area contributed by atoms with Gasteiger partial charge in [0.1, 0.15) is 24.0 Å². The molecule has 2 aromatic carbocycles. The van der Waals surface area contributed by atoms with Gasteiger partial charge in [-0.3, -0.25) is 10.2 Å². The maximum atomic E-state index is 12.6. The molecule has 2 aliphatic heterocycles. The Bertz CT molecular complexity index is 1220. The Kier molecular flexibility index (Phi) is 7.38. The monoisotopic (exact) mass is 542 g/mol. The molecular weight excluding hydrogens is 520 g/mol. The first-order valence-electron chi connectivity index (χ1n) is 10.6. The number of carbonyl (C=O) groups excluding carboxylic acids is 1. The van der Waals surface area contributed by atoms with Crippen LogP contribution in [0.1, 0.15) is 24.5 Å². The molecule has 2 heterocycles. The fourth-order valence-corrected chi connectivity index (χ4v) is 4.64. The summed E-state index contributed by atoms with van der Waals surface area (Å²) >= 11 is 4.84. The molecule has 0 unspecified atom stereocenters. The van der Waals surface area contributed by atoms with Crippen molar-refractivity contribution in [2.75, 3.05) is 20.3 Å². The fraction of sp³-hybridized carbons (Fsp3) is 0.250. The molecule has 0 atom stereocenters. The number of fused-ring (bicyclic) bond motifs is 1. The van der Waals surface area contributed by atoms with Crippen molar-refractivity contribution in [1.82, 2.24) is 5.01 Å². The third-order valence-electron chi connectivity index (χ3n) is 4.98. The number of nitrogens with one attached hydrogen (secondary N) is 1. The molecule has 0 saturated heterocycles. The van der Waals surface area contributed by atoms with Crippen LogP contribution in [-0.2, 0) is 4.79 Å². The minimum absolute atomic E-state index is 0.00498. The third kappa shape index (κ3) is 5.18. The molecule has 1 N–H and O–H groups in total. The van der Waals surface area contributed by atoms with Crippen LogP contribution in [0.3, 0.4) is 0 Å². The Morgan fingerprint density at radius 1 is 1.18 bits per heavy atom. The number of thioether (sulfide) groups is 1. The van der Waals surface area contributed by atoms with Crippen molar-refractivity contribution in [2.24, 2.45) is 10.1 Å². The number of hydrogen-bond donors (Lipinski definition) is 1. The molecule has 2 aliphatic rings. The fourth-order valence-electron chi connectivity index (χ4n) is 3.24. The van der Waals surface area contributed by atoms with Crippen molar-refractivity contribution in [3.8, 4) is 17.2 Å². The number of nitrogens with zero attached hydrogens (tertiary/aromatic N) is 3. The number of benzene rings is 2. The largest absolute Gasteiger partial charge is 0.493 e. The Labute approximate surface area is 210 Å². The summed E-state index contributed by atoms with van der Waals surface area (Å²) in [7, 11) is 1.54. The Hall–Kier alpha value is -3.11. The maximum Gasteiger partial charge on any atom is 0.283 e. The summed E-state index contributed by atoms with van der Waals surface area (Å²) in [4.78, 5) is 16.7. The molecular formula is C24H23BrN4O4S. The van der Waals surface area contributed by atoms with Gasteiger partial charge in [-0.2, -0.15) is 15.1 Å². The second-order valence-corrected chi connectivity index (χ2v) is 9.31. The molecule has 2 aromatic rings. The first kappa shape index (κ1) is 24.0. The summed E-state index contributed by atoms with van der Waals surface area (Å²) in [5.41, 5.74) is 1.98. The van der Waals surface area contributed by atoms with Gasteiger partial charge < -0.3 is 14.2 Å². The molecule has 34 heavy (non-hydrogen) atoms. The number of carbonyl (C=O) groups is 1. The van der Waals surface area contributed by atoms with E-state index in [0.717, 1.165) is 10.8 Å². The van der Waals surface area contributed by atoms with Crippen molar-refractivity contribution in [3.05, 3.63) is 57.6 Å². The van der Waals surface area contributed by atoms with Crippen LogP contribution in [0.2, 0.25) is 0 Å². The highest BCUT2D eigenvalue weighted by atomic mass is 79.9. The van der Waals surface area contributed by atoms with E-state index in [1.54, 1.807) is 25.3 Å². The summed E-state index contributed by atoms with van der Waals surface area (Å²) in [6.07, 6.45) is 2.31. The lowest BCUT2D eigenvalue weighted by atomic mass is 10.1. The number of amidine groups is 2. The van der Waals surface area contributed by atoms with Gasteiger partial charge in [0.15, 0.2) is 17.3 Å². The van der Waals surface area contributed by atoms with E-state index in [-0.39, 0.29) is 11.4 Å². The van der Waals surface area contributed by atoms with E-state index in [1.807, 2.05) is 38.1 Å². The number of halogens is 1. The molecule has 0 aliphatic carbocycles. The first-order valence-corrected chi connectivity index (χ1v) is 12.2. The summed E-state index contributed by atoms with van der Waals surface area (Å²) in [5, 5.41) is 15.5. The van der Waals surface area contributed by atoms with Crippen LogP contribution in [0, 0.1) is 12.3 Å². The van der Waals surface area contributed by atoms with E-state index in [1.165, 1.54) is 22.3 Å². The van der Waals surface area contributed by atoms with Gasteiger partial charge in [-0.25, -0.2) is 0 Å². The van der Waals surface area contributed by atoms with Gasteiger partial charge >= 0.3 is 0 Å². The van der Waals surface area contributed by atoms with Crippen molar-refractivity contribution in [1.29, 1.82) is 5.41 Å². The van der Waals surface area contributed by atoms with E-state index in [2.05, 4.69) is 26.0 Å². The highest BCUT2D eigenvalue weighted by Gasteiger charge is 2.35. The lowest BCUT2D eigenvalue weighted by Crippen LogP contribution is -2.35. The third-order valence-corrected chi connectivity index (χ3v) is 6.62. The predicted molar refractivity (Wildman–Crippen MR) is 138 cm³/mol. The first-order chi connectivity index (χ1) is 16.4. The molecule has 0 spiro atoms. The minimum Gasteiger partial charge on any atom is -0.493 e. The van der Waals surface area contributed by atoms with Crippen molar-refractivity contribution >= 4 is 55.7 Å². The maximum absolute atomic E-state index is 12.6. The normalized spacial score (nSPS) is 16.4. The van der Waals surface area contributed by atoms with Gasteiger partial charge in [0.2, 0.25) is 5.17 Å². The Morgan fingerprint density at radius 2 is 1.91 bits per heavy atom. The van der Waals surface area contributed by atoms with E-state index >= 15 is 0 Å². The van der Waals surface area contributed by atoms with Gasteiger partial charge in [-0.15, -0.1) is 0 Å². The van der Waals surface area contributed by atoms with Crippen LogP contribution in [0.25, 0.3) is 6.08 Å². The molecule has 0 aromatic heterocycles. The van der Waals surface area contributed by atoms with Crippen molar-refractivity contribution in [3.63, 3.8) is 0 Å². The van der Waals surface area contributed by atoms with E-state index in [9.17, 15) is 4.79 Å². The van der Waals surface area contributed by atoms with E-state index in [4.69, 9.17) is 19.6 Å². The molecule has 0 radical (unpaired) electrons. The smallest absolute Gasteiger partial charge is 0.283 e. The predicted octanol–water partition coefficient (Wildman–Crippen LogP) is 5.25. The van der Waals surface area contributed by atoms with Crippen LogP contribution in [0.5, 0.6) is 17.2 Å². The zero-order valence-electron chi connectivity index (χ0n) is 18.9. The SMILES string of the molecule is CCC1=NN2C(=N)/C(=C\c3cc(Br)c(OCCOc4ccc(C)cc4)c(OC)c3)C(=O)N=C2S1. The van der Waals surface area contributed by atoms with Crippen LogP contribution in [0.4, 0.5) is 0 Å². The van der Waals surface area contributed by atoms with Crippen molar-refractivity contribution in [2.45, 2.75) is 20.3 Å². The molecule has 10 heteroatoms. The summed E-state index contributed by atoms with van der Waals surface area (Å²) in [6.45, 7) is 4.67. The van der Waals surface area contributed by atoms with Gasteiger partial charge in [0.25, 0.3) is 5.91 Å². The Balaban J connectivity index is 1.48. The summed E-state index contributed by atoms with van der Waals surface area (Å²) in [6, 6.07) is 11.4. The van der Waals surface area contributed by atoms with Gasteiger partial charge in [0, 0.05) is 0 Å². The second-order valence-electron chi connectivity index (χ2n) is 7.41. The Morgan fingerprint density at radius 3 is 2.62 bits per heavy atom. The standard InChI is InChI=1S/C24H23BrN4O4S/c1-4-20-28-29-22(26)17(23(30)27-24(29)34-20)11-15-12-18(25)21(19(13-15)31-3)33-10-9-32-16-7-5-14(2)6-8-16/h5-8,11-13,26H,4,9-10H2,1-3H3/b17-11+,26-22?. The van der Waals surface area contributed by atoms with Crippen LogP contribution < -0.4 is 14.2 Å². The molecule has 0 bridgehead atoms. The topological polar surface area (TPSA) is 96.6 Å². The number of hydrazone groups is 1. The van der Waals surface area contributed by atoms with Gasteiger partial charge in [-0.05, 0) is 76.9 Å². The van der Waals surface area contributed by atoms with Gasteiger partial charge in [0.05, 0.1) is 17.2 Å². The van der Waals surface area contributed by atoms with Gasteiger partial charge in [-0.1, -0.05) is 24.6 Å². The summed E-state index contributed by atoms with van der Waals surface area (Å²) in [5.74, 6) is 1.31. The molecule has 176 valence electrons. The number of ether oxygens (including phenoxy) is 3. The van der Waals surface area contributed by atoms with E-state index in [0.29, 0.717) is 46.3 Å². The number of hydrogen-bond acceptors (Lipinski definition) is 7. The molecule has 1 amide bonds. The lowest BCUT2D eigenvalue weighted by molar-refractivity contribution is -0.114. The highest BCUT2D eigenvalue weighted by molar-refractivity contribution is 9.10.